The van der Waals surface area contributed by atoms with Crippen LogP contribution in [-0.2, 0) is 26.2 Å². The van der Waals surface area contributed by atoms with Crippen molar-refractivity contribution in [1.29, 1.82) is 0 Å². The third-order valence-corrected chi connectivity index (χ3v) is 6.32. The Morgan fingerprint density at radius 2 is 1.66 bits per heavy atom. The lowest BCUT2D eigenvalue weighted by Crippen LogP contribution is -2.52. The normalized spacial score (nSPS) is 12.1. The highest BCUT2D eigenvalue weighted by atomic mass is 35.5. The molecule has 0 unspecified atom stereocenters. The molecule has 0 heterocycles. The van der Waals surface area contributed by atoms with Crippen LogP contribution in [-0.4, -0.2) is 50.5 Å². The number of rotatable bonds is 11. The van der Waals surface area contributed by atoms with Gasteiger partial charge in [0, 0.05) is 18.1 Å². The summed E-state index contributed by atoms with van der Waals surface area (Å²) in [6.07, 6.45) is 2.21. The molecular formula is C23H30ClN3O4S. The molecule has 2 aromatic rings. The lowest BCUT2D eigenvalue weighted by atomic mass is 10.1. The number of nitrogens with one attached hydrogen (secondary N) is 1. The second-order valence-electron chi connectivity index (χ2n) is 7.47. The highest BCUT2D eigenvalue weighted by Gasteiger charge is 2.31. The molecule has 9 heteroatoms. The molecular weight excluding hydrogens is 450 g/mol. The van der Waals surface area contributed by atoms with Crippen LogP contribution in [0.5, 0.6) is 0 Å². The minimum Gasteiger partial charge on any atom is -0.354 e. The molecule has 0 saturated carbocycles. The minimum absolute atomic E-state index is 0.190. The number of hydrogen-bond donors (Lipinski definition) is 1. The van der Waals surface area contributed by atoms with E-state index in [0.717, 1.165) is 22.5 Å². The largest absolute Gasteiger partial charge is 0.354 e. The van der Waals surface area contributed by atoms with Gasteiger partial charge in [0.15, 0.2) is 0 Å². The average Bonchev–Trinajstić information content (AvgIpc) is 2.76. The van der Waals surface area contributed by atoms with E-state index in [0.29, 0.717) is 23.7 Å². The standard InChI is InChI=1S/C23H30ClN3O4S/c1-4-15-25-23(29)21(5-2)26(16-18-9-7-6-8-10-18)22(28)17-27(32(3,30)31)20-13-11-19(24)12-14-20/h6-14,21H,4-5,15-17H2,1-3H3,(H,25,29)/t21-/m0/s1. The van der Waals surface area contributed by atoms with Crippen molar-refractivity contribution in [3.8, 4) is 0 Å². The number of anilines is 1. The third-order valence-electron chi connectivity index (χ3n) is 4.92. The van der Waals surface area contributed by atoms with Gasteiger partial charge in [-0.25, -0.2) is 8.42 Å². The maximum Gasteiger partial charge on any atom is 0.244 e. The van der Waals surface area contributed by atoms with Gasteiger partial charge in [0.05, 0.1) is 11.9 Å². The third kappa shape index (κ3) is 7.24. The fourth-order valence-electron chi connectivity index (χ4n) is 3.29. The van der Waals surface area contributed by atoms with Crippen LogP contribution in [0.2, 0.25) is 5.02 Å². The molecule has 0 aliphatic heterocycles. The molecule has 2 aromatic carbocycles. The molecule has 0 aliphatic rings. The molecule has 32 heavy (non-hydrogen) atoms. The number of nitrogens with zero attached hydrogens (tertiary/aromatic N) is 2. The van der Waals surface area contributed by atoms with Gasteiger partial charge in [-0.15, -0.1) is 0 Å². The second-order valence-corrected chi connectivity index (χ2v) is 9.81. The molecule has 174 valence electrons. The van der Waals surface area contributed by atoms with E-state index in [9.17, 15) is 18.0 Å². The number of hydrogen-bond acceptors (Lipinski definition) is 4. The summed E-state index contributed by atoms with van der Waals surface area (Å²) in [5, 5.41) is 3.30. The van der Waals surface area contributed by atoms with E-state index < -0.39 is 28.5 Å². The van der Waals surface area contributed by atoms with Gasteiger partial charge in [-0.3, -0.25) is 13.9 Å². The lowest BCUT2D eigenvalue weighted by Gasteiger charge is -2.32. The van der Waals surface area contributed by atoms with E-state index in [2.05, 4.69) is 5.32 Å². The Bertz CT molecular complexity index is 998. The van der Waals surface area contributed by atoms with Gasteiger partial charge >= 0.3 is 0 Å². The summed E-state index contributed by atoms with van der Waals surface area (Å²) in [5.74, 6) is -0.719. The van der Waals surface area contributed by atoms with Crippen molar-refractivity contribution in [2.24, 2.45) is 0 Å². The summed E-state index contributed by atoms with van der Waals surface area (Å²) >= 11 is 5.93. The van der Waals surface area contributed by atoms with Gasteiger partial charge in [0.25, 0.3) is 0 Å². The van der Waals surface area contributed by atoms with Gasteiger partial charge in [-0.1, -0.05) is 55.8 Å². The first-order valence-electron chi connectivity index (χ1n) is 10.5. The van der Waals surface area contributed by atoms with E-state index in [-0.39, 0.29) is 12.5 Å². The Balaban J connectivity index is 2.38. The molecule has 0 saturated heterocycles. The van der Waals surface area contributed by atoms with Crippen molar-refractivity contribution in [2.75, 3.05) is 23.7 Å². The van der Waals surface area contributed by atoms with Crippen molar-refractivity contribution in [3.63, 3.8) is 0 Å². The summed E-state index contributed by atoms with van der Waals surface area (Å²) < 4.78 is 26.0. The van der Waals surface area contributed by atoms with E-state index >= 15 is 0 Å². The van der Waals surface area contributed by atoms with Gasteiger partial charge in [-0.05, 0) is 42.7 Å². The zero-order valence-corrected chi connectivity index (χ0v) is 20.2. The molecule has 2 amide bonds. The van der Waals surface area contributed by atoms with Crippen LogP contribution in [0.25, 0.3) is 0 Å². The van der Waals surface area contributed by atoms with Crippen LogP contribution in [0.3, 0.4) is 0 Å². The van der Waals surface area contributed by atoms with Crippen LogP contribution >= 0.6 is 11.6 Å². The molecule has 0 spiro atoms. The van der Waals surface area contributed by atoms with Crippen LogP contribution < -0.4 is 9.62 Å². The van der Waals surface area contributed by atoms with E-state index in [4.69, 9.17) is 11.6 Å². The van der Waals surface area contributed by atoms with Crippen LogP contribution in [0, 0.1) is 0 Å². The average molecular weight is 480 g/mol. The number of sulfonamides is 1. The van der Waals surface area contributed by atoms with Crippen molar-refractivity contribution < 1.29 is 18.0 Å². The fraction of sp³-hybridized carbons (Fsp3) is 0.391. The number of halogens is 1. The zero-order valence-electron chi connectivity index (χ0n) is 18.6. The molecule has 0 aliphatic carbocycles. The van der Waals surface area contributed by atoms with Crippen molar-refractivity contribution >= 4 is 39.1 Å². The predicted octanol–water partition coefficient (Wildman–Crippen LogP) is 3.44. The van der Waals surface area contributed by atoms with Crippen LogP contribution in [0.1, 0.15) is 32.3 Å². The van der Waals surface area contributed by atoms with Crippen LogP contribution in [0.4, 0.5) is 5.69 Å². The summed E-state index contributed by atoms with van der Waals surface area (Å²) in [6.45, 7) is 4.04. The van der Waals surface area contributed by atoms with Gasteiger partial charge < -0.3 is 10.2 Å². The van der Waals surface area contributed by atoms with Crippen molar-refractivity contribution in [2.45, 2.75) is 39.3 Å². The smallest absolute Gasteiger partial charge is 0.244 e. The fourth-order valence-corrected chi connectivity index (χ4v) is 4.26. The highest BCUT2D eigenvalue weighted by Crippen LogP contribution is 2.21. The quantitative estimate of drug-likeness (QED) is 0.534. The first-order valence-corrected chi connectivity index (χ1v) is 12.7. The first-order chi connectivity index (χ1) is 15.2. The molecule has 1 atom stereocenters. The summed E-state index contributed by atoms with van der Waals surface area (Å²) in [7, 11) is -3.76. The molecule has 0 fully saturated rings. The van der Waals surface area contributed by atoms with Gasteiger partial charge in [0.2, 0.25) is 21.8 Å². The molecule has 0 radical (unpaired) electrons. The first kappa shape index (κ1) is 25.7. The lowest BCUT2D eigenvalue weighted by molar-refractivity contribution is -0.140. The zero-order chi connectivity index (χ0) is 23.7. The SMILES string of the molecule is CCCNC(=O)[C@H](CC)N(Cc1ccccc1)C(=O)CN(c1ccc(Cl)cc1)S(C)(=O)=O. The number of carbonyl (C=O) groups excluding carboxylic acids is 2. The molecule has 0 bridgehead atoms. The minimum atomic E-state index is -3.76. The predicted molar refractivity (Wildman–Crippen MR) is 128 cm³/mol. The van der Waals surface area contributed by atoms with Crippen LogP contribution in [0.15, 0.2) is 54.6 Å². The van der Waals surface area contributed by atoms with E-state index in [1.54, 1.807) is 24.3 Å². The maximum absolute atomic E-state index is 13.4. The number of carbonyl (C=O) groups is 2. The highest BCUT2D eigenvalue weighted by molar-refractivity contribution is 7.92. The van der Waals surface area contributed by atoms with Gasteiger partial charge in [0.1, 0.15) is 12.6 Å². The van der Waals surface area contributed by atoms with Gasteiger partial charge in [-0.2, -0.15) is 0 Å². The number of amides is 2. The van der Waals surface area contributed by atoms with E-state index in [1.165, 1.54) is 4.90 Å². The summed E-state index contributed by atoms with van der Waals surface area (Å²) in [6, 6.07) is 14.8. The molecule has 0 aromatic heterocycles. The molecule has 7 nitrogen and oxygen atoms in total. The van der Waals surface area contributed by atoms with Crippen molar-refractivity contribution in [1.82, 2.24) is 10.2 Å². The maximum atomic E-state index is 13.4. The Labute approximate surface area is 195 Å². The Morgan fingerprint density at radius 1 is 1.03 bits per heavy atom. The molecule has 2 rings (SSSR count). The monoisotopic (exact) mass is 479 g/mol. The Kier molecular flexibility index (Phi) is 9.53. The second kappa shape index (κ2) is 11.9. The van der Waals surface area contributed by atoms with Crippen molar-refractivity contribution in [3.05, 3.63) is 65.2 Å². The summed E-state index contributed by atoms with van der Waals surface area (Å²) in [5.41, 5.74) is 1.17. The summed E-state index contributed by atoms with van der Waals surface area (Å²) in [4.78, 5) is 27.7. The molecule has 1 N–H and O–H groups in total. The number of benzene rings is 2. The Hall–Kier alpha value is -2.58. The Morgan fingerprint density at radius 3 is 2.19 bits per heavy atom. The topological polar surface area (TPSA) is 86.8 Å². The van der Waals surface area contributed by atoms with E-state index in [1.807, 2.05) is 44.2 Å².